The van der Waals surface area contributed by atoms with Crippen LogP contribution in [0.2, 0.25) is 0 Å². The van der Waals surface area contributed by atoms with E-state index in [9.17, 15) is 0 Å². The van der Waals surface area contributed by atoms with Crippen LogP contribution in [0.4, 0.5) is 0 Å². The molecule has 0 aromatic carbocycles. The molecule has 1 heteroatoms. The molecule has 108 valence electrons. The Morgan fingerprint density at radius 2 is 1.11 bits per heavy atom. The van der Waals surface area contributed by atoms with Gasteiger partial charge in [0.05, 0.1) is 26.2 Å². The number of hydrogen-bond acceptors (Lipinski definition) is 0. The molecule has 1 fully saturated rings. The third-order valence-corrected chi connectivity index (χ3v) is 4.74. The average molecular weight is 254 g/mol. The third kappa shape index (κ3) is 6.22. The maximum atomic E-state index is 2.33. The van der Waals surface area contributed by atoms with Crippen molar-refractivity contribution >= 4 is 0 Å². The molecular formula is C17H36N+. The number of quaternary nitrogens is 1. The normalized spacial score (nSPS) is 18.3. The Labute approximate surface area is 116 Å². The van der Waals surface area contributed by atoms with Crippen molar-refractivity contribution in [2.45, 2.75) is 84.5 Å². The molecule has 0 atom stereocenters. The minimum absolute atomic E-state index is 1.37. The average Bonchev–Trinajstić information content (AvgIpc) is 2.85. The van der Waals surface area contributed by atoms with E-state index in [0.717, 1.165) is 0 Å². The Kier molecular flexibility index (Phi) is 8.75. The summed E-state index contributed by atoms with van der Waals surface area (Å²) in [5, 5.41) is 0. The number of rotatable bonds is 11. The molecule has 0 unspecified atom stereocenters. The molecule has 0 aromatic rings. The van der Waals surface area contributed by atoms with Gasteiger partial charge in [-0.2, -0.15) is 0 Å². The van der Waals surface area contributed by atoms with Gasteiger partial charge in [0.1, 0.15) is 0 Å². The molecule has 1 saturated heterocycles. The topological polar surface area (TPSA) is 0 Å². The Balaban J connectivity index is 2.06. The second kappa shape index (κ2) is 9.83. The van der Waals surface area contributed by atoms with Gasteiger partial charge < -0.3 is 4.48 Å². The molecule has 1 nitrogen and oxygen atoms in total. The quantitative estimate of drug-likeness (QED) is 0.353. The summed E-state index contributed by atoms with van der Waals surface area (Å²) in [4.78, 5) is 0. The molecule has 0 radical (unpaired) electrons. The van der Waals surface area contributed by atoms with Gasteiger partial charge in [-0.05, 0) is 19.3 Å². The van der Waals surface area contributed by atoms with Crippen molar-refractivity contribution in [3.8, 4) is 0 Å². The fraction of sp³-hybridized carbons (Fsp3) is 1.00. The van der Waals surface area contributed by atoms with Gasteiger partial charge in [-0.3, -0.25) is 0 Å². The first-order valence-electron chi connectivity index (χ1n) is 8.68. The van der Waals surface area contributed by atoms with Crippen LogP contribution in [0.1, 0.15) is 84.5 Å². The van der Waals surface area contributed by atoms with Crippen molar-refractivity contribution in [2.24, 2.45) is 0 Å². The minimum Gasteiger partial charge on any atom is -0.324 e. The fourth-order valence-electron chi connectivity index (χ4n) is 3.46. The maximum absolute atomic E-state index is 2.33. The SMILES string of the molecule is CCCCCCCCC[N+]1(CCCC)CCCC1. The van der Waals surface area contributed by atoms with E-state index in [2.05, 4.69) is 13.8 Å². The smallest absolute Gasteiger partial charge is 0.0788 e. The zero-order valence-corrected chi connectivity index (χ0v) is 13.1. The molecule has 18 heavy (non-hydrogen) atoms. The first-order chi connectivity index (χ1) is 8.83. The van der Waals surface area contributed by atoms with E-state index in [1.165, 1.54) is 101 Å². The molecule has 1 aliphatic rings. The lowest BCUT2D eigenvalue weighted by Gasteiger charge is -2.34. The molecule has 1 heterocycles. The molecule has 0 aromatic heterocycles. The summed E-state index contributed by atoms with van der Waals surface area (Å²) in [6, 6.07) is 0. The van der Waals surface area contributed by atoms with Crippen LogP contribution in [-0.4, -0.2) is 30.7 Å². The summed E-state index contributed by atoms with van der Waals surface area (Å²) in [5.74, 6) is 0. The zero-order valence-electron chi connectivity index (χ0n) is 13.1. The van der Waals surface area contributed by atoms with Crippen LogP contribution in [0.5, 0.6) is 0 Å². The summed E-state index contributed by atoms with van der Waals surface area (Å²) in [5.41, 5.74) is 0. The summed E-state index contributed by atoms with van der Waals surface area (Å²) in [7, 11) is 0. The predicted molar refractivity (Wildman–Crippen MR) is 81.9 cm³/mol. The van der Waals surface area contributed by atoms with Gasteiger partial charge in [0.2, 0.25) is 0 Å². The number of hydrogen-bond donors (Lipinski definition) is 0. The highest BCUT2D eigenvalue weighted by Crippen LogP contribution is 2.22. The molecule has 1 rings (SSSR count). The van der Waals surface area contributed by atoms with Gasteiger partial charge in [0.25, 0.3) is 0 Å². The highest BCUT2D eigenvalue weighted by atomic mass is 15.4. The highest BCUT2D eigenvalue weighted by Gasteiger charge is 2.30. The van der Waals surface area contributed by atoms with Gasteiger partial charge >= 0.3 is 0 Å². The monoisotopic (exact) mass is 254 g/mol. The summed E-state index contributed by atoms with van der Waals surface area (Å²) < 4.78 is 1.48. The lowest BCUT2D eigenvalue weighted by molar-refractivity contribution is -0.917. The Morgan fingerprint density at radius 3 is 1.72 bits per heavy atom. The minimum atomic E-state index is 1.37. The van der Waals surface area contributed by atoms with Gasteiger partial charge in [-0.15, -0.1) is 0 Å². The van der Waals surface area contributed by atoms with Gasteiger partial charge in [-0.25, -0.2) is 0 Å². The third-order valence-electron chi connectivity index (χ3n) is 4.74. The molecule has 0 saturated carbocycles. The first-order valence-corrected chi connectivity index (χ1v) is 8.68. The lowest BCUT2D eigenvalue weighted by atomic mass is 10.1. The van der Waals surface area contributed by atoms with Crippen molar-refractivity contribution in [3.05, 3.63) is 0 Å². The van der Waals surface area contributed by atoms with Crippen LogP contribution in [0.3, 0.4) is 0 Å². The van der Waals surface area contributed by atoms with Crippen molar-refractivity contribution in [2.75, 3.05) is 26.2 Å². The van der Waals surface area contributed by atoms with Crippen LogP contribution in [0.25, 0.3) is 0 Å². The van der Waals surface area contributed by atoms with Gasteiger partial charge in [-0.1, -0.05) is 52.4 Å². The summed E-state index contributed by atoms with van der Waals surface area (Å²) in [6.07, 6.45) is 16.0. The Hall–Kier alpha value is -0.0400. The largest absolute Gasteiger partial charge is 0.324 e. The van der Waals surface area contributed by atoms with E-state index in [-0.39, 0.29) is 0 Å². The molecule has 0 N–H and O–H groups in total. The molecule has 0 aliphatic carbocycles. The molecule has 1 aliphatic heterocycles. The molecule has 0 amide bonds. The van der Waals surface area contributed by atoms with E-state index >= 15 is 0 Å². The Bertz CT molecular complexity index is 182. The summed E-state index contributed by atoms with van der Waals surface area (Å²) >= 11 is 0. The molecule has 0 spiro atoms. The van der Waals surface area contributed by atoms with E-state index in [1.807, 2.05) is 0 Å². The van der Waals surface area contributed by atoms with E-state index in [0.29, 0.717) is 0 Å². The van der Waals surface area contributed by atoms with Crippen molar-refractivity contribution in [3.63, 3.8) is 0 Å². The van der Waals surface area contributed by atoms with Crippen LogP contribution in [0, 0.1) is 0 Å². The Morgan fingerprint density at radius 1 is 0.611 bits per heavy atom. The summed E-state index contributed by atoms with van der Waals surface area (Å²) in [6.45, 7) is 10.5. The van der Waals surface area contributed by atoms with Crippen LogP contribution < -0.4 is 0 Å². The number of unbranched alkanes of at least 4 members (excludes halogenated alkanes) is 7. The second-order valence-electron chi connectivity index (χ2n) is 6.42. The number of nitrogens with zero attached hydrogens (tertiary/aromatic N) is 1. The zero-order chi connectivity index (χ0) is 13.1. The van der Waals surface area contributed by atoms with Crippen molar-refractivity contribution in [1.82, 2.24) is 0 Å². The van der Waals surface area contributed by atoms with Crippen LogP contribution >= 0.6 is 0 Å². The fourth-order valence-corrected chi connectivity index (χ4v) is 3.46. The first kappa shape index (κ1) is 16.0. The van der Waals surface area contributed by atoms with Crippen LogP contribution in [0.15, 0.2) is 0 Å². The number of likely N-dealkylation sites (tertiary alicyclic amines) is 1. The lowest BCUT2D eigenvalue weighted by Crippen LogP contribution is -2.46. The van der Waals surface area contributed by atoms with E-state index in [1.54, 1.807) is 0 Å². The van der Waals surface area contributed by atoms with E-state index in [4.69, 9.17) is 0 Å². The van der Waals surface area contributed by atoms with Gasteiger partial charge in [0, 0.05) is 12.8 Å². The standard InChI is InChI=1S/C17H36N/c1-3-5-7-8-9-10-11-15-18(14-6-4-2)16-12-13-17-18/h3-17H2,1-2H3/q+1. The maximum Gasteiger partial charge on any atom is 0.0788 e. The van der Waals surface area contributed by atoms with Crippen LogP contribution in [-0.2, 0) is 0 Å². The molecule has 0 bridgehead atoms. The second-order valence-corrected chi connectivity index (χ2v) is 6.42. The van der Waals surface area contributed by atoms with E-state index < -0.39 is 0 Å². The highest BCUT2D eigenvalue weighted by molar-refractivity contribution is 4.56. The van der Waals surface area contributed by atoms with Crippen molar-refractivity contribution < 1.29 is 4.48 Å². The van der Waals surface area contributed by atoms with Gasteiger partial charge in [0.15, 0.2) is 0 Å². The molecular weight excluding hydrogens is 218 g/mol. The van der Waals surface area contributed by atoms with Crippen molar-refractivity contribution in [1.29, 1.82) is 0 Å². The predicted octanol–water partition coefficient (Wildman–Crippen LogP) is 5.15.